The SMILES string of the molecule is CC(C)(C)C1=CC(C)(C(C)(C)C)C=CC1=O. The Morgan fingerprint density at radius 2 is 1.56 bits per heavy atom. The van der Waals surface area contributed by atoms with Gasteiger partial charge in [-0.1, -0.05) is 60.6 Å². The lowest BCUT2D eigenvalue weighted by molar-refractivity contribution is -0.112. The quantitative estimate of drug-likeness (QED) is 0.599. The largest absolute Gasteiger partial charge is 0.290 e. The molecule has 90 valence electrons. The molecule has 0 fully saturated rings. The fourth-order valence-corrected chi connectivity index (χ4v) is 1.81. The molecule has 1 rings (SSSR count). The molecule has 1 atom stereocenters. The van der Waals surface area contributed by atoms with Gasteiger partial charge in [0.25, 0.3) is 0 Å². The first-order valence-corrected chi connectivity index (χ1v) is 5.94. The van der Waals surface area contributed by atoms with Crippen molar-refractivity contribution >= 4 is 5.78 Å². The van der Waals surface area contributed by atoms with E-state index < -0.39 is 0 Å². The van der Waals surface area contributed by atoms with E-state index in [-0.39, 0.29) is 22.0 Å². The summed E-state index contributed by atoms with van der Waals surface area (Å²) >= 11 is 0. The topological polar surface area (TPSA) is 17.1 Å². The monoisotopic (exact) mass is 220 g/mol. The Morgan fingerprint density at radius 1 is 1.06 bits per heavy atom. The Hall–Kier alpha value is -0.850. The Morgan fingerprint density at radius 3 is 1.94 bits per heavy atom. The molecule has 1 aliphatic carbocycles. The molecule has 0 spiro atoms. The van der Waals surface area contributed by atoms with Crippen molar-refractivity contribution in [1.29, 1.82) is 0 Å². The van der Waals surface area contributed by atoms with Crippen LogP contribution in [0.1, 0.15) is 48.5 Å². The number of rotatable bonds is 0. The molecule has 0 heterocycles. The molecule has 0 aliphatic heterocycles. The van der Waals surface area contributed by atoms with E-state index in [0.717, 1.165) is 5.57 Å². The van der Waals surface area contributed by atoms with Crippen LogP contribution in [-0.4, -0.2) is 5.78 Å². The number of hydrogen-bond acceptors (Lipinski definition) is 1. The van der Waals surface area contributed by atoms with Crippen molar-refractivity contribution in [2.45, 2.75) is 48.5 Å². The normalized spacial score (nSPS) is 26.9. The second-order valence-corrected chi connectivity index (χ2v) is 7.04. The molecule has 16 heavy (non-hydrogen) atoms. The van der Waals surface area contributed by atoms with Crippen LogP contribution >= 0.6 is 0 Å². The van der Waals surface area contributed by atoms with E-state index in [4.69, 9.17) is 0 Å². The van der Waals surface area contributed by atoms with Crippen LogP contribution in [0.4, 0.5) is 0 Å². The molecule has 0 radical (unpaired) electrons. The van der Waals surface area contributed by atoms with Gasteiger partial charge in [0.2, 0.25) is 0 Å². The fraction of sp³-hybridized carbons (Fsp3) is 0.667. The van der Waals surface area contributed by atoms with Crippen LogP contribution in [0.2, 0.25) is 0 Å². The summed E-state index contributed by atoms with van der Waals surface area (Å²) in [4.78, 5) is 11.9. The summed E-state index contributed by atoms with van der Waals surface area (Å²) in [6, 6.07) is 0. The van der Waals surface area contributed by atoms with Crippen LogP contribution in [-0.2, 0) is 4.79 Å². The first kappa shape index (κ1) is 13.2. The van der Waals surface area contributed by atoms with Crippen molar-refractivity contribution in [3.63, 3.8) is 0 Å². The average molecular weight is 220 g/mol. The summed E-state index contributed by atoms with van der Waals surface area (Å²) < 4.78 is 0. The van der Waals surface area contributed by atoms with Crippen LogP contribution in [0, 0.1) is 16.2 Å². The summed E-state index contributed by atoms with van der Waals surface area (Å²) in [5.74, 6) is 0.161. The van der Waals surface area contributed by atoms with Gasteiger partial charge >= 0.3 is 0 Å². The summed E-state index contributed by atoms with van der Waals surface area (Å²) in [5, 5.41) is 0. The summed E-state index contributed by atoms with van der Waals surface area (Å²) in [7, 11) is 0. The highest BCUT2D eigenvalue weighted by Gasteiger charge is 2.38. The molecule has 0 saturated carbocycles. The van der Waals surface area contributed by atoms with Crippen molar-refractivity contribution in [2.75, 3.05) is 0 Å². The van der Waals surface area contributed by atoms with Crippen LogP contribution in [0.25, 0.3) is 0 Å². The van der Waals surface area contributed by atoms with Gasteiger partial charge in [0.15, 0.2) is 5.78 Å². The molecule has 0 N–H and O–H groups in total. The van der Waals surface area contributed by atoms with Crippen molar-refractivity contribution in [3.05, 3.63) is 23.8 Å². The second-order valence-electron chi connectivity index (χ2n) is 7.04. The minimum atomic E-state index is -0.0750. The van der Waals surface area contributed by atoms with E-state index in [1.165, 1.54) is 0 Å². The van der Waals surface area contributed by atoms with Crippen molar-refractivity contribution in [1.82, 2.24) is 0 Å². The van der Waals surface area contributed by atoms with Gasteiger partial charge in [0, 0.05) is 11.0 Å². The maximum absolute atomic E-state index is 11.9. The zero-order valence-electron chi connectivity index (χ0n) is 11.6. The lowest BCUT2D eigenvalue weighted by Gasteiger charge is -2.41. The van der Waals surface area contributed by atoms with Gasteiger partial charge < -0.3 is 0 Å². The maximum Gasteiger partial charge on any atom is 0.181 e. The lowest BCUT2D eigenvalue weighted by Crippen LogP contribution is -2.34. The van der Waals surface area contributed by atoms with E-state index in [1.807, 2.05) is 6.08 Å². The molecule has 0 aromatic rings. The lowest BCUT2D eigenvalue weighted by atomic mass is 9.63. The highest BCUT2D eigenvalue weighted by atomic mass is 16.1. The second kappa shape index (κ2) is 3.58. The highest BCUT2D eigenvalue weighted by Crippen LogP contribution is 2.45. The average Bonchev–Trinajstić information content (AvgIpc) is 2.05. The van der Waals surface area contributed by atoms with Crippen LogP contribution < -0.4 is 0 Å². The van der Waals surface area contributed by atoms with Crippen molar-refractivity contribution in [3.8, 4) is 0 Å². The summed E-state index contributed by atoms with van der Waals surface area (Å²) in [6.45, 7) is 15.1. The third kappa shape index (κ3) is 2.28. The molecule has 1 unspecified atom stereocenters. The zero-order valence-corrected chi connectivity index (χ0v) is 11.6. The van der Waals surface area contributed by atoms with E-state index in [1.54, 1.807) is 6.08 Å². The predicted molar refractivity (Wildman–Crippen MR) is 69.2 cm³/mol. The van der Waals surface area contributed by atoms with E-state index >= 15 is 0 Å². The smallest absolute Gasteiger partial charge is 0.181 e. The molecule has 1 nitrogen and oxygen atoms in total. The molecule has 0 aromatic heterocycles. The van der Waals surface area contributed by atoms with Crippen molar-refractivity contribution < 1.29 is 4.79 Å². The minimum absolute atomic E-state index is 0.0382. The molecule has 0 saturated heterocycles. The van der Waals surface area contributed by atoms with Crippen LogP contribution in [0.15, 0.2) is 23.8 Å². The first-order chi connectivity index (χ1) is 6.97. The molecule has 0 bridgehead atoms. The van der Waals surface area contributed by atoms with Gasteiger partial charge in [-0.3, -0.25) is 4.79 Å². The van der Waals surface area contributed by atoms with Crippen molar-refractivity contribution in [2.24, 2.45) is 16.2 Å². The number of ketones is 1. The highest BCUT2D eigenvalue weighted by molar-refractivity contribution is 6.06. The Kier molecular flexibility index (Phi) is 2.96. The number of carbonyl (C=O) groups excluding carboxylic acids is 1. The molecule has 1 aliphatic rings. The first-order valence-electron chi connectivity index (χ1n) is 5.94. The number of allylic oxidation sites excluding steroid dienone is 4. The molecular formula is C15H24O. The van der Waals surface area contributed by atoms with Crippen LogP contribution in [0.3, 0.4) is 0 Å². The molecule has 0 aromatic carbocycles. The van der Waals surface area contributed by atoms with Gasteiger partial charge in [-0.15, -0.1) is 0 Å². The zero-order chi connectivity index (χ0) is 12.8. The Labute approximate surface area is 99.6 Å². The molecular weight excluding hydrogens is 196 g/mol. The predicted octanol–water partition coefficient (Wildman–Crippen LogP) is 4.15. The van der Waals surface area contributed by atoms with E-state index in [2.05, 4.69) is 54.5 Å². The van der Waals surface area contributed by atoms with Crippen LogP contribution in [0.5, 0.6) is 0 Å². The minimum Gasteiger partial charge on any atom is -0.290 e. The Balaban J connectivity index is 3.26. The van der Waals surface area contributed by atoms with Gasteiger partial charge in [0.05, 0.1) is 0 Å². The summed E-state index contributed by atoms with van der Waals surface area (Å²) in [6.07, 6.45) is 5.95. The van der Waals surface area contributed by atoms with E-state index in [0.29, 0.717) is 0 Å². The number of hydrogen-bond donors (Lipinski definition) is 0. The maximum atomic E-state index is 11.9. The van der Waals surface area contributed by atoms with E-state index in [9.17, 15) is 4.79 Å². The third-order valence-electron chi connectivity index (χ3n) is 3.71. The molecule has 1 heteroatoms. The van der Waals surface area contributed by atoms with Gasteiger partial charge in [-0.2, -0.15) is 0 Å². The number of carbonyl (C=O) groups is 1. The molecule has 0 amide bonds. The third-order valence-corrected chi connectivity index (χ3v) is 3.71. The van der Waals surface area contributed by atoms with Gasteiger partial charge in [0.1, 0.15) is 0 Å². The standard InChI is InChI=1S/C15H24O/c1-13(2,3)11-10-15(7,14(4,5)6)9-8-12(11)16/h8-10H,1-7H3. The summed E-state index contributed by atoms with van der Waals surface area (Å²) in [5.41, 5.74) is 0.950. The Bertz CT molecular complexity index is 358. The van der Waals surface area contributed by atoms with Gasteiger partial charge in [-0.25, -0.2) is 0 Å². The fourth-order valence-electron chi connectivity index (χ4n) is 1.81. The van der Waals surface area contributed by atoms with Gasteiger partial charge in [-0.05, 0) is 16.9 Å².